The van der Waals surface area contributed by atoms with Crippen LogP contribution >= 0.6 is 11.8 Å². The molecular formula is C16H22N2O2S. The van der Waals surface area contributed by atoms with E-state index in [1.807, 2.05) is 30.5 Å². The molecule has 0 saturated heterocycles. The monoisotopic (exact) mass is 306 g/mol. The zero-order valence-electron chi connectivity index (χ0n) is 12.7. The van der Waals surface area contributed by atoms with Gasteiger partial charge in [0.15, 0.2) is 0 Å². The Morgan fingerprint density at radius 1 is 1.33 bits per heavy atom. The molecule has 0 saturated carbocycles. The SMILES string of the molecule is COc1cccc2ccc(CNC(C)C(CO)SC)nc12. The molecule has 2 rings (SSSR count). The summed E-state index contributed by atoms with van der Waals surface area (Å²) in [6.45, 7) is 2.93. The van der Waals surface area contributed by atoms with Gasteiger partial charge < -0.3 is 15.2 Å². The molecule has 1 aromatic heterocycles. The predicted molar refractivity (Wildman–Crippen MR) is 89.0 cm³/mol. The number of methoxy groups -OCH3 is 1. The molecule has 0 amide bonds. The highest BCUT2D eigenvalue weighted by Gasteiger charge is 2.14. The number of thioether (sulfide) groups is 1. The minimum atomic E-state index is 0.175. The van der Waals surface area contributed by atoms with Crippen LogP contribution in [0.2, 0.25) is 0 Å². The smallest absolute Gasteiger partial charge is 0.145 e. The molecule has 0 aliphatic rings. The molecule has 4 nitrogen and oxygen atoms in total. The van der Waals surface area contributed by atoms with E-state index < -0.39 is 0 Å². The van der Waals surface area contributed by atoms with Crippen LogP contribution in [-0.2, 0) is 6.54 Å². The van der Waals surface area contributed by atoms with E-state index >= 15 is 0 Å². The number of hydrogen-bond donors (Lipinski definition) is 2. The summed E-state index contributed by atoms with van der Waals surface area (Å²) in [4.78, 5) is 4.67. The van der Waals surface area contributed by atoms with E-state index in [1.54, 1.807) is 18.9 Å². The molecule has 0 aliphatic heterocycles. The zero-order chi connectivity index (χ0) is 15.2. The van der Waals surface area contributed by atoms with Crippen molar-refractivity contribution in [3.8, 4) is 5.75 Å². The average molecular weight is 306 g/mol. The van der Waals surface area contributed by atoms with E-state index in [1.165, 1.54) is 0 Å². The second kappa shape index (κ2) is 7.64. The lowest BCUT2D eigenvalue weighted by molar-refractivity contribution is 0.275. The largest absolute Gasteiger partial charge is 0.494 e. The number of aliphatic hydroxyl groups excluding tert-OH is 1. The highest BCUT2D eigenvalue weighted by molar-refractivity contribution is 7.99. The van der Waals surface area contributed by atoms with Crippen LogP contribution < -0.4 is 10.1 Å². The Morgan fingerprint density at radius 2 is 2.14 bits per heavy atom. The first-order valence-electron chi connectivity index (χ1n) is 6.99. The number of benzene rings is 1. The third-order valence-corrected chi connectivity index (χ3v) is 4.77. The number of pyridine rings is 1. The Hall–Kier alpha value is -1.30. The van der Waals surface area contributed by atoms with Crippen LogP contribution in [0.5, 0.6) is 5.75 Å². The second-order valence-electron chi connectivity index (χ2n) is 4.96. The van der Waals surface area contributed by atoms with Gasteiger partial charge in [0.25, 0.3) is 0 Å². The first-order chi connectivity index (χ1) is 10.2. The van der Waals surface area contributed by atoms with Crippen molar-refractivity contribution in [3.63, 3.8) is 0 Å². The van der Waals surface area contributed by atoms with Gasteiger partial charge in [-0.2, -0.15) is 11.8 Å². The molecule has 0 bridgehead atoms. The van der Waals surface area contributed by atoms with Crippen LogP contribution in [0.3, 0.4) is 0 Å². The van der Waals surface area contributed by atoms with Crippen LogP contribution in [-0.4, -0.2) is 41.4 Å². The molecule has 0 radical (unpaired) electrons. The lowest BCUT2D eigenvalue weighted by Gasteiger charge is -2.21. The van der Waals surface area contributed by atoms with Crippen LogP contribution in [0.1, 0.15) is 12.6 Å². The van der Waals surface area contributed by atoms with Crippen molar-refractivity contribution < 1.29 is 9.84 Å². The summed E-state index contributed by atoms with van der Waals surface area (Å²) in [5.74, 6) is 0.791. The summed E-state index contributed by atoms with van der Waals surface area (Å²) in [6.07, 6.45) is 2.01. The zero-order valence-corrected chi connectivity index (χ0v) is 13.5. The van der Waals surface area contributed by atoms with E-state index in [4.69, 9.17) is 4.74 Å². The van der Waals surface area contributed by atoms with E-state index in [2.05, 4.69) is 23.3 Å². The molecule has 2 N–H and O–H groups in total. The van der Waals surface area contributed by atoms with Gasteiger partial charge in [0.1, 0.15) is 11.3 Å². The first-order valence-corrected chi connectivity index (χ1v) is 8.28. The number of nitrogens with one attached hydrogen (secondary N) is 1. The molecule has 0 spiro atoms. The van der Waals surface area contributed by atoms with Gasteiger partial charge >= 0.3 is 0 Å². The minimum absolute atomic E-state index is 0.175. The topological polar surface area (TPSA) is 54.4 Å². The third kappa shape index (κ3) is 3.87. The summed E-state index contributed by atoms with van der Waals surface area (Å²) in [5.41, 5.74) is 1.85. The highest BCUT2D eigenvalue weighted by Crippen LogP contribution is 2.23. The van der Waals surface area contributed by atoms with Crippen molar-refractivity contribution in [2.75, 3.05) is 20.0 Å². The van der Waals surface area contributed by atoms with Crippen molar-refractivity contribution in [2.24, 2.45) is 0 Å². The van der Waals surface area contributed by atoms with E-state index in [-0.39, 0.29) is 17.9 Å². The van der Waals surface area contributed by atoms with Crippen molar-refractivity contribution >= 4 is 22.7 Å². The summed E-state index contributed by atoms with van der Waals surface area (Å²) in [5, 5.41) is 14.0. The number of ether oxygens (including phenoxy) is 1. The van der Waals surface area contributed by atoms with Crippen molar-refractivity contribution in [1.29, 1.82) is 0 Å². The lowest BCUT2D eigenvalue weighted by atomic mass is 10.2. The first kappa shape index (κ1) is 16.1. The Labute approximate surface area is 129 Å². The maximum Gasteiger partial charge on any atom is 0.145 e. The number of nitrogens with zero attached hydrogens (tertiary/aromatic N) is 1. The fourth-order valence-electron chi connectivity index (χ4n) is 2.26. The number of fused-ring (bicyclic) bond motifs is 1. The van der Waals surface area contributed by atoms with Gasteiger partial charge in [-0.05, 0) is 25.3 Å². The van der Waals surface area contributed by atoms with Gasteiger partial charge in [-0.15, -0.1) is 0 Å². The van der Waals surface area contributed by atoms with Gasteiger partial charge in [0.05, 0.1) is 19.4 Å². The number of hydrogen-bond acceptors (Lipinski definition) is 5. The molecule has 2 unspecified atom stereocenters. The number of para-hydroxylation sites is 1. The van der Waals surface area contributed by atoms with Crippen molar-refractivity contribution in [2.45, 2.75) is 24.8 Å². The molecule has 21 heavy (non-hydrogen) atoms. The average Bonchev–Trinajstić information content (AvgIpc) is 2.53. The van der Waals surface area contributed by atoms with Crippen molar-refractivity contribution in [1.82, 2.24) is 10.3 Å². The molecule has 5 heteroatoms. The van der Waals surface area contributed by atoms with Gasteiger partial charge in [0.2, 0.25) is 0 Å². The maximum atomic E-state index is 9.31. The molecule has 0 aliphatic carbocycles. The summed E-state index contributed by atoms with van der Waals surface area (Å²) in [7, 11) is 1.66. The van der Waals surface area contributed by atoms with Crippen LogP contribution in [0, 0.1) is 0 Å². The lowest BCUT2D eigenvalue weighted by Crippen LogP contribution is -2.37. The van der Waals surface area contributed by atoms with Crippen LogP contribution in [0.25, 0.3) is 10.9 Å². The fourth-order valence-corrected chi connectivity index (χ4v) is 2.91. The van der Waals surface area contributed by atoms with Gasteiger partial charge in [0, 0.05) is 23.2 Å². The summed E-state index contributed by atoms with van der Waals surface area (Å²) in [6, 6.07) is 10.2. The number of aromatic nitrogens is 1. The van der Waals surface area contributed by atoms with E-state index in [9.17, 15) is 5.11 Å². The molecule has 114 valence electrons. The Morgan fingerprint density at radius 3 is 2.81 bits per heavy atom. The third-order valence-electron chi connectivity index (χ3n) is 3.61. The Bertz CT molecular complexity index is 587. The molecule has 2 atom stereocenters. The Kier molecular flexibility index (Phi) is 5.85. The standard InChI is InChI=1S/C16H22N2O2S/c1-11(15(10-19)21-3)17-9-13-8-7-12-5-4-6-14(20-2)16(12)18-13/h4-8,11,15,17,19H,9-10H2,1-3H3. The molecule has 1 heterocycles. The van der Waals surface area contributed by atoms with Gasteiger partial charge in [-0.3, -0.25) is 0 Å². The molecular weight excluding hydrogens is 284 g/mol. The summed E-state index contributed by atoms with van der Waals surface area (Å²) >= 11 is 1.67. The van der Waals surface area contributed by atoms with Crippen molar-refractivity contribution in [3.05, 3.63) is 36.0 Å². The minimum Gasteiger partial charge on any atom is -0.494 e. The number of rotatable bonds is 7. The van der Waals surface area contributed by atoms with E-state index in [0.717, 1.165) is 22.3 Å². The normalized spacial score (nSPS) is 14.1. The molecule has 2 aromatic rings. The van der Waals surface area contributed by atoms with E-state index in [0.29, 0.717) is 6.54 Å². The van der Waals surface area contributed by atoms with Gasteiger partial charge in [-0.25, -0.2) is 4.98 Å². The predicted octanol–water partition coefficient (Wildman–Crippen LogP) is 2.45. The number of aliphatic hydroxyl groups is 1. The van der Waals surface area contributed by atoms with Gasteiger partial charge in [-0.1, -0.05) is 18.2 Å². The Balaban J connectivity index is 2.12. The van der Waals surface area contributed by atoms with Crippen LogP contribution in [0.4, 0.5) is 0 Å². The second-order valence-corrected chi connectivity index (χ2v) is 6.04. The molecule has 0 fully saturated rings. The highest BCUT2D eigenvalue weighted by atomic mass is 32.2. The fraction of sp³-hybridized carbons (Fsp3) is 0.438. The maximum absolute atomic E-state index is 9.31. The molecule has 1 aromatic carbocycles. The quantitative estimate of drug-likeness (QED) is 0.823. The van der Waals surface area contributed by atoms with Crippen LogP contribution in [0.15, 0.2) is 30.3 Å². The summed E-state index contributed by atoms with van der Waals surface area (Å²) < 4.78 is 5.36.